The predicted molar refractivity (Wildman–Crippen MR) is 76.1 cm³/mol. The van der Waals surface area contributed by atoms with Crippen molar-refractivity contribution in [2.45, 2.75) is 64.3 Å². The Labute approximate surface area is 106 Å². The average Bonchev–Trinajstić information content (AvgIpc) is 2.36. The SMILES string of the molecule is CCCCCCC(N)CCCc1ccccc1. The zero-order valence-corrected chi connectivity index (χ0v) is 11.2. The highest BCUT2D eigenvalue weighted by Gasteiger charge is 2.02. The molecule has 1 atom stereocenters. The Morgan fingerprint density at radius 3 is 2.35 bits per heavy atom. The first kappa shape index (κ1) is 14.2. The van der Waals surface area contributed by atoms with Crippen LogP contribution in [0.5, 0.6) is 0 Å². The van der Waals surface area contributed by atoms with Crippen molar-refractivity contribution >= 4 is 0 Å². The minimum absolute atomic E-state index is 0.413. The lowest BCUT2D eigenvalue weighted by Gasteiger charge is -2.11. The van der Waals surface area contributed by atoms with Crippen LogP contribution in [0.4, 0.5) is 0 Å². The Hall–Kier alpha value is -0.820. The first-order valence-electron chi connectivity index (χ1n) is 7.12. The standard InChI is InChI=1S/C16H27N/c1-2-3-4-8-13-16(17)14-9-12-15-10-6-5-7-11-15/h5-7,10-11,16H,2-4,8-9,12-14,17H2,1H3. The molecule has 0 aromatic heterocycles. The summed E-state index contributed by atoms with van der Waals surface area (Å²) in [5, 5.41) is 0. The van der Waals surface area contributed by atoms with Gasteiger partial charge in [-0.15, -0.1) is 0 Å². The molecule has 0 aliphatic heterocycles. The maximum atomic E-state index is 6.12. The molecule has 96 valence electrons. The van der Waals surface area contributed by atoms with Crippen LogP contribution in [0, 0.1) is 0 Å². The van der Waals surface area contributed by atoms with Crippen LogP contribution in [0.15, 0.2) is 30.3 Å². The van der Waals surface area contributed by atoms with E-state index in [2.05, 4.69) is 37.3 Å². The highest BCUT2D eigenvalue weighted by Crippen LogP contribution is 2.10. The maximum absolute atomic E-state index is 6.12. The van der Waals surface area contributed by atoms with E-state index in [4.69, 9.17) is 5.73 Å². The fourth-order valence-corrected chi connectivity index (χ4v) is 2.19. The van der Waals surface area contributed by atoms with Gasteiger partial charge < -0.3 is 5.73 Å². The number of unbranched alkanes of at least 4 members (excludes halogenated alkanes) is 3. The molecule has 2 N–H and O–H groups in total. The summed E-state index contributed by atoms with van der Waals surface area (Å²) < 4.78 is 0. The highest BCUT2D eigenvalue weighted by molar-refractivity contribution is 5.14. The second-order valence-corrected chi connectivity index (χ2v) is 4.99. The van der Waals surface area contributed by atoms with Crippen molar-refractivity contribution < 1.29 is 0 Å². The Kier molecular flexibility index (Phi) is 7.74. The van der Waals surface area contributed by atoms with Gasteiger partial charge in [0.25, 0.3) is 0 Å². The van der Waals surface area contributed by atoms with Crippen molar-refractivity contribution in [3.05, 3.63) is 35.9 Å². The molecule has 1 aromatic carbocycles. The van der Waals surface area contributed by atoms with Crippen LogP contribution in [0.25, 0.3) is 0 Å². The quantitative estimate of drug-likeness (QED) is 0.632. The summed E-state index contributed by atoms with van der Waals surface area (Å²) in [7, 11) is 0. The molecular weight excluding hydrogens is 206 g/mol. The number of rotatable bonds is 9. The Morgan fingerprint density at radius 1 is 0.941 bits per heavy atom. The third-order valence-electron chi connectivity index (χ3n) is 3.31. The summed E-state index contributed by atoms with van der Waals surface area (Å²) >= 11 is 0. The van der Waals surface area contributed by atoms with Gasteiger partial charge in [-0.2, -0.15) is 0 Å². The van der Waals surface area contributed by atoms with Gasteiger partial charge in [0.1, 0.15) is 0 Å². The van der Waals surface area contributed by atoms with Gasteiger partial charge in [0.15, 0.2) is 0 Å². The molecule has 0 heterocycles. The molecule has 0 aliphatic carbocycles. The van der Waals surface area contributed by atoms with Gasteiger partial charge in [-0.05, 0) is 31.2 Å². The molecule has 0 aliphatic rings. The predicted octanol–water partition coefficient (Wildman–Crippen LogP) is 4.31. The van der Waals surface area contributed by atoms with Crippen LogP contribution >= 0.6 is 0 Å². The monoisotopic (exact) mass is 233 g/mol. The van der Waals surface area contributed by atoms with Crippen LogP contribution in [0.3, 0.4) is 0 Å². The topological polar surface area (TPSA) is 26.0 Å². The Bertz CT molecular complexity index is 268. The summed E-state index contributed by atoms with van der Waals surface area (Å²) in [5.41, 5.74) is 7.56. The fourth-order valence-electron chi connectivity index (χ4n) is 2.19. The molecule has 0 spiro atoms. The van der Waals surface area contributed by atoms with Crippen LogP contribution < -0.4 is 5.73 Å². The number of benzene rings is 1. The molecule has 0 saturated heterocycles. The van der Waals surface area contributed by atoms with E-state index in [1.807, 2.05) is 0 Å². The molecular formula is C16H27N. The van der Waals surface area contributed by atoms with Gasteiger partial charge in [0.05, 0.1) is 0 Å². The summed E-state index contributed by atoms with van der Waals surface area (Å²) in [6, 6.07) is 11.1. The zero-order valence-electron chi connectivity index (χ0n) is 11.2. The average molecular weight is 233 g/mol. The first-order valence-corrected chi connectivity index (χ1v) is 7.12. The second-order valence-electron chi connectivity index (χ2n) is 4.99. The molecule has 0 bridgehead atoms. The number of aryl methyl sites for hydroxylation is 1. The van der Waals surface area contributed by atoms with E-state index in [9.17, 15) is 0 Å². The van der Waals surface area contributed by atoms with Gasteiger partial charge in [-0.1, -0.05) is 62.9 Å². The van der Waals surface area contributed by atoms with Crippen molar-refractivity contribution in [2.24, 2.45) is 5.73 Å². The molecule has 1 aromatic rings. The van der Waals surface area contributed by atoms with Crippen LogP contribution in [0.2, 0.25) is 0 Å². The minimum Gasteiger partial charge on any atom is -0.328 e. The summed E-state index contributed by atoms with van der Waals surface area (Å²) in [6.45, 7) is 2.25. The number of hydrogen-bond donors (Lipinski definition) is 1. The van der Waals surface area contributed by atoms with Crippen LogP contribution in [-0.2, 0) is 6.42 Å². The summed E-state index contributed by atoms with van der Waals surface area (Å²) in [4.78, 5) is 0. The van der Waals surface area contributed by atoms with E-state index in [0.29, 0.717) is 6.04 Å². The maximum Gasteiger partial charge on any atom is 0.00389 e. The highest BCUT2D eigenvalue weighted by atomic mass is 14.6. The lowest BCUT2D eigenvalue weighted by molar-refractivity contribution is 0.507. The van der Waals surface area contributed by atoms with Gasteiger partial charge in [-0.3, -0.25) is 0 Å². The zero-order chi connectivity index (χ0) is 12.3. The molecule has 0 saturated carbocycles. The van der Waals surface area contributed by atoms with Crippen molar-refractivity contribution in [3.63, 3.8) is 0 Å². The van der Waals surface area contributed by atoms with Crippen molar-refractivity contribution in [2.75, 3.05) is 0 Å². The molecule has 1 nitrogen and oxygen atoms in total. The summed E-state index contributed by atoms with van der Waals surface area (Å²) in [6.07, 6.45) is 10.1. The molecule has 1 heteroatoms. The van der Waals surface area contributed by atoms with Gasteiger partial charge in [-0.25, -0.2) is 0 Å². The lowest BCUT2D eigenvalue weighted by Crippen LogP contribution is -2.19. The van der Waals surface area contributed by atoms with Crippen molar-refractivity contribution in [1.82, 2.24) is 0 Å². The molecule has 0 radical (unpaired) electrons. The molecule has 1 rings (SSSR count). The van der Waals surface area contributed by atoms with E-state index in [1.165, 1.54) is 56.9 Å². The van der Waals surface area contributed by atoms with Gasteiger partial charge >= 0.3 is 0 Å². The van der Waals surface area contributed by atoms with Crippen molar-refractivity contribution in [3.8, 4) is 0 Å². The summed E-state index contributed by atoms with van der Waals surface area (Å²) in [5.74, 6) is 0. The number of nitrogens with two attached hydrogens (primary N) is 1. The van der Waals surface area contributed by atoms with Gasteiger partial charge in [0, 0.05) is 6.04 Å². The second kappa shape index (κ2) is 9.23. The van der Waals surface area contributed by atoms with E-state index < -0.39 is 0 Å². The molecule has 0 fully saturated rings. The third kappa shape index (κ3) is 7.17. The third-order valence-corrected chi connectivity index (χ3v) is 3.31. The van der Waals surface area contributed by atoms with E-state index >= 15 is 0 Å². The minimum atomic E-state index is 0.413. The fraction of sp³-hybridized carbons (Fsp3) is 0.625. The van der Waals surface area contributed by atoms with Crippen LogP contribution in [-0.4, -0.2) is 6.04 Å². The van der Waals surface area contributed by atoms with E-state index in [1.54, 1.807) is 0 Å². The van der Waals surface area contributed by atoms with E-state index in [-0.39, 0.29) is 0 Å². The lowest BCUT2D eigenvalue weighted by atomic mass is 10.0. The normalized spacial score (nSPS) is 12.6. The molecule has 17 heavy (non-hydrogen) atoms. The largest absolute Gasteiger partial charge is 0.328 e. The Morgan fingerprint density at radius 2 is 1.65 bits per heavy atom. The van der Waals surface area contributed by atoms with Gasteiger partial charge in [0.2, 0.25) is 0 Å². The van der Waals surface area contributed by atoms with Crippen LogP contribution in [0.1, 0.15) is 57.4 Å². The van der Waals surface area contributed by atoms with E-state index in [0.717, 1.165) is 0 Å². The molecule has 1 unspecified atom stereocenters. The smallest absolute Gasteiger partial charge is 0.00389 e. The van der Waals surface area contributed by atoms with Crippen molar-refractivity contribution in [1.29, 1.82) is 0 Å². The first-order chi connectivity index (χ1) is 8.33. The number of hydrogen-bond acceptors (Lipinski definition) is 1. The molecule has 0 amide bonds. The Balaban J connectivity index is 2.02.